The van der Waals surface area contributed by atoms with Crippen molar-refractivity contribution in [2.75, 3.05) is 18.4 Å². The van der Waals surface area contributed by atoms with Gasteiger partial charge in [-0.25, -0.2) is 0 Å². The first-order valence-electron chi connectivity index (χ1n) is 6.51. The molecule has 2 unspecified atom stereocenters. The van der Waals surface area contributed by atoms with Crippen molar-refractivity contribution in [2.24, 2.45) is 11.8 Å². The lowest BCUT2D eigenvalue weighted by atomic mass is 10.0. The Morgan fingerprint density at radius 2 is 1.85 bits per heavy atom. The van der Waals surface area contributed by atoms with Gasteiger partial charge in [0.25, 0.3) is 0 Å². The molecule has 20 heavy (non-hydrogen) atoms. The van der Waals surface area contributed by atoms with E-state index in [0.717, 1.165) is 32.0 Å². The monoisotopic (exact) mass is 306 g/mol. The second kappa shape index (κ2) is 5.04. The molecule has 2 atom stereocenters. The van der Waals surface area contributed by atoms with Crippen LogP contribution in [0.3, 0.4) is 0 Å². The first-order chi connectivity index (χ1) is 9.43. The zero-order valence-corrected chi connectivity index (χ0v) is 11.3. The first kappa shape index (κ1) is 13.9. The molecule has 2 N–H and O–H groups in total. The number of nitrogens with one attached hydrogen (secondary N) is 2. The van der Waals surface area contributed by atoms with Crippen LogP contribution in [0.1, 0.15) is 18.4 Å². The lowest BCUT2D eigenvalue weighted by molar-refractivity contribution is -0.137. The molecular weight excluding hydrogens is 293 g/mol. The Balaban J connectivity index is 1.78. The Morgan fingerprint density at radius 3 is 2.45 bits per heavy atom. The maximum absolute atomic E-state index is 13.0. The summed E-state index contributed by atoms with van der Waals surface area (Å²) in [5, 5.41) is 13.0. The van der Waals surface area contributed by atoms with Crippen LogP contribution in [-0.4, -0.2) is 29.3 Å². The highest BCUT2D eigenvalue weighted by Gasteiger charge is 2.40. The van der Waals surface area contributed by atoms with Crippen LogP contribution in [0, 0.1) is 11.8 Å². The minimum atomic E-state index is -4.49. The highest BCUT2D eigenvalue weighted by atomic mass is 35.5. The van der Waals surface area contributed by atoms with Gasteiger partial charge in [0.15, 0.2) is 11.0 Å². The highest BCUT2D eigenvalue weighted by Crippen LogP contribution is 2.39. The lowest BCUT2D eigenvalue weighted by Crippen LogP contribution is -2.23. The van der Waals surface area contributed by atoms with E-state index in [-0.39, 0.29) is 17.0 Å². The number of halogens is 4. The van der Waals surface area contributed by atoms with Gasteiger partial charge in [-0.15, -0.1) is 10.2 Å². The summed E-state index contributed by atoms with van der Waals surface area (Å²) >= 11 is 5.51. The second-order valence-electron chi connectivity index (χ2n) is 5.42. The molecule has 1 aromatic heterocycles. The van der Waals surface area contributed by atoms with Crippen LogP contribution in [-0.2, 0) is 6.18 Å². The number of hydrogen-bond donors (Lipinski definition) is 2. The molecule has 2 fully saturated rings. The predicted octanol–water partition coefficient (Wildman–Crippen LogP) is 2.56. The summed E-state index contributed by atoms with van der Waals surface area (Å²) in [4.78, 5) is 0. The number of anilines is 1. The van der Waals surface area contributed by atoms with E-state index in [9.17, 15) is 13.2 Å². The van der Waals surface area contributed by atoms with Gasteiger partial charge in [0.05, 0.1) is 0 Å². The summed E-state index contributed by atoms with van der Waals surface area (Å²) in [6.45, 7) is 1.89. The average molecular weight is 307 g/mol. The number of hydrogen-bond acceptors (Lipinski definition) is 4. The third-order valence-corrected chi connectivity index (χ3v) is 4.25. The molecule has 1 saturated carbocycles. The van der Waals surface area contributed by atoms with Crippen molar-refractivity contribution < 1.29 is 13.2 Å². The predicted molar refractivity (Wildman–Crippen MR) is 68.5 cm³/mol. The summed E-state index contributed by atoms with van der Waals surface area (Å²) in [6, 6.07) is 0.831. The van der Waals surface area contributed by atoms with E-state index in [1.165, 1.54) is 0 Å². The third kappa shape index (κ3) is 2.69. The molecule has 0 aromatic carbocycles. The van der Waals surface area contributed by atoms with Crippen molar-refractivity contribution in [2.45, 2.75) is 25.1 Å². The van der Waals surface area contributed by atoms with E-state index < -0.39 is 11.7 Å². The molecule has 110 valence electrons. The molecule has 1 saturated heterocycles. The minimum absolute atomic E-state index is 0.0173. The van der Waals surface area contributed by atoms with E-state index in [1.807, 2.05) is 0 Å². The molecule has 1 aliphatic carbocycles. The highest BCUT2D eigenvalue weighted by molar-refractivity contribution is 6.29. The van der Waals surface area contributed by atoms with Crippen LogP contribution >= 0.6 is 11.6 Å². The van der Waals surface area contributed by atoms with Gasteiger partial charge in [-0.3, -0.25) is 0 Å². The Labute approximate surface area is 119 Å². The third-order valence-electron chi connectivity index (χ3n) is 4.06. The van der Waals surface area contributed by atoms with Gasteiger partial charge >= 0.3 is 6.18 Å². The Bertz CT molecular complexity index is 496. The van der Waals surface area contributed by atoms with Crippen molar-refractivity contribution >= 4 is 17.4 Å². The van der Waals surface area contributed by atoms with Gasteiger partial charge in [0, 0.05) is 6.04 Å². The van der Waals surface area contributed by atoms with Crippen molar-refractivity contribution in [3.8, 4) is 0 Å². The summed E-state index contributed by atoms with van der Waals surface area (Å²) < 4.78 is 38.9. The topological polar surface area (TPSA) is 49.8 Å². The fraction of sp³-hybridized carbons (Fsp3) is 0.667. The summed E-state index contributed by atoms with van der Waals surface area (Å²) in [7, 11) is 0. The average Bonchev–Trinajstić information content (AvgIpc) is 2.90. The van der Waals surface area contributed by atoms with Gasteiger partial charge in [-0.05, 0) is 43.8 Å². The van der Waals surface area contributed by atoms with Gasteiger partial charge in [-0.1, -0.05) is 11.6 Å². The van der Waals surface area contributed by atoms with Gasteiger partial charge < -0.3 is 10.6 Å². The number of rotatable bonds is 2. The fourth-order valence-electron chi connectivity index (χ4n) is 3.17. The zero-order chi connectivity index (χ0) is 14.3. The molecule has 1 aliphatic heterocycles. The van der Waals surface area contributed by atoms with Crippen LogP contribution in [0.2, 0.25) is 5.15 Å². The van der Waals surface area contributed by atoms with E-state index in [1.54, 1.807) is 0 Å². The molecule has 1 aromatic rings. The zero-order valence-electron chi connectivity index (χ0n) is 10.5. The molecular formula is C12H14ClF3N4. The molecule has 2 heterocycles. The summed E-state index contributed by atoms with van der Waals surface area (Å²) in [5.41, 5.74) is -0.854. The van der Waals surface area contributed by atoms with E-state index in [2.05, 4.69) is 20.8 Å². The molecule has 2 aliphatic rings. The second-order valence-corrected chi connectivity index (χ2v) is 5.81. The van der Waals surface area contributed by atoms with Crippen LogP contribution < -0.4 is 10.6 Å². The Kier molecular flexibility index (Phi) is 3.50. The smallest absolute Gasteiger partial charge is 0.365 e. The Hall–Kier alpha value is -1.08. The molecule has 0 amide bonds. The normalized spacial score (nSPS) is 29.5. The van der Waals surface area contributed by atoms with Crippen LogP contribution in [0.4, 0.5) is 19.0 Å². The number of alkyl halides is 3. The van der Waals surface area contributed by atoms with E-state index in [4.69, 9.17) is 11.6 Å². The van der Waals surface area contributed by atoms with Crippen LogP contribution in [0.15, 0.2) is 6.07 Å². The quantitative estimate of drug-likeness (QED) is 0.882. The van der Waals surface area contributed by atoms with Crippen molar-refractivity contribution in [3.05, 3.63) is 16.8 Å². The molecule has 4 nitrogen and oxygen atoms in total. The fourth-order valence-corrected chi connectivity index (χ4v) is 3.31. The SMILES string of the molecule is FC(F)(F)c1cc(Cl)nnc1NC1CC2CNCC2C1. The minimum Gasteiger partial charge on any atom is -0.365 e. The van der Waals surface area contributed by atoms with Crippen molar-refractivity contribution in [3.63, 3.8) is 0 Å². The summed E-state index contributed by atoms with van der Waals surface area (Å²) in [6.07, 6.45) is -2.77. The maximum atomic E-state index is 13.0. The van der Waals surface area contributed by atoms with E-state index >= 15 is 0 Å². The summed E-state index contributed by atoms with van der Waals surface area (Å²) in [5.74, 6) is 0.865. The number of fused-ring (bicyclic) bond motifs is 1. The van der Waals surface area contributed by atoms with E-state index in [0.29, 0.717) is 11.8 Å². The number of nitrogens with zero attached hydrogens (tertiary/aromatic N) is 2. The van der Waals surface area contributed by atoms with Gasteiger partial charge in [0.1, 0.15) is 5.56 Å². The van der Waals surface area contributed by atoms with Crippen LogP contribution in [0.25, 0.3) is 0 Å². The maximum Gasteiger partial charge on any atom is 0.420 e. The molecule has 0 bridgehead atoms. The standard InChI is InChI=1S/C12H14ClF3N4/c13-10-3-9(12(14,15)16)11(20-19-10)18-8-1-6-4-17-5-7(6)2-8/h3,6-8,17H,1-2,4-5H2,(H,18,20). The molecule has 0 radical (unpaired) electrons. The Morgan fingerprint density at radius 1 is 1.20 bits per heavy atom. The van der Waals surface area contributed by atoms with Crippen molar-refractivity contribution in [1.29, 1.82) is 0 Å². The van der Waals surface area contributed by atoms with Crippen molar-refractivity contribution in [1.82, 2.24) is 15.5 Å². The first-order valence-corrected chi connectivity index (χ1v) is 6.89. The van der Waals surface area contributed by atoms with Crippen LogP contribution in [0.5, 0.6) is 0 Å². The molecule has 0 spiro atoms. The number of aromatic nitrogens is 2. The van der Waals surface area contributed by atoms with Gasteiger partial charge in [0.2, 0.25) is 0 Å². The van der Waals surface area contributed by atoms with Gasteiger partial charge in [-0.2, -0.15) is 13.2 Å². The lowest BCUT2D eigenvalue weighted by Gasteiger charge is -2.18. The largest absolute Gasteiger partial charge is 0.420 e. The molecule has 8 heteroatoms. The molecule has 3 rings (SSSR count).